The van der Waals surface area contributed by atoms with E-state index in [4.69, 9.17) is 16.3 Å². The lowest BCUT2D eigenvalue weighted by molar-refractivity contribution is -0.137. The molecular formula is C18H18ClF3N2O2. The highest BCUT2D eigenvalue weighted by molar-refractivity contribution is 6.31. The molecule has 1 amide bonds. The van der Waals surface area contributed by atoms with Gasteiger partial charge in [0.1, 0.15) is 5.75 Å². The van der Waals surface area contributed by atoms with Crippen molar-refractivity contribution in [2.75, 3.05) is 24.3 Å². The van der Waals surface area contributed by atoms with Crippen LogP contribution in [0.2, 0.25) is 5.02 Å². The topological polar surface area (TPSA) is 50.4 Å². The number of hydrogen-bond donors (Lipinski definition) is 2. The molecule has 0 fully saturated rings. The van der Waals surface area contributed by atoms with Gasteiger partial charge in [0.2, 0.25) is 5.91 Å². The third kappa shape index (κ3) is 5.05. The van der Waals surface area contributed by atoms with E-state index in [1.807, 2.05) is 6.92 Å². The SMILES string of the molecule is COc1cc(Cl)c(C)cc1NCCC(=O)Nc1ccccc1C(F)(F)F. The van der Waals surface area contributed by atoms with Gasteiger partial charge in [0.05, 0.1) is 24.0 Å². The summed E-state index contributed by atoms with van der Waals surface area (Å²) in [5.74, 6) is -0.0118. The molecule has 0 heterocycles. The van der Waals surface area contributed by atoms with Gasteiger partial charge in [-0.2, -0.15) is 13.2 Å². The summed E-state index contributed by atoms with van der Waals surface area (Å²) in [4.78, 5) is 12.0. The fourth-order valence-electron chi connectivity index (χ4n) is 2.33. The van der Waals surface area contributed by atoms with Crippen LogP contribution in [-0.2, 0) is 11.0 Å². The van der Waals surface area contributed by atoms with Crippen molar-refractivity contribution in [3.8, 4) is 5.75 Å². The van der Waals surface area contributed by atoms with Gasteiger partial charge in [-0.15, -0.1) is 0 Å². The molecule has 2 N–H and O–H groups in total. The largest absolute Gasteiger partial charge is 0.495 e. The number of hydrogen-bond acceptors (Lipinski definition) is 3. The van der Waals surface area contributed by atoms with Gasteiger partial charge >= 0.3 is 6.18 Å². The van der Waals surface area contributed by atoms with Gasteiger partial charge in [-0.25, -0.2) is 0 Å². The maximum Gasteiger partial charge on any atom is 0.418 e. The van der Waals surface area contributed by atoms with Crippen molar-refractivity contribution in [3.05, 3.63) is 52.5 Å². The van der Waals surface area contributed by atoms with E-state index < -0.39 is 17.6 Å². The molecule has 8 heteroatoms. The predicted molar refractivity (Wildman–Crippen MR) is 95.9 cm³/mol. The second-order valence-electron chi connectivity index (χ2n) is 5.57. The Hall–Kier alpha value is -2.41. The average Bonchev–Trinajstić information content (AvgIpc) is 2.57. The van der Waals surface area contributed by atoms with Crippen LogP contribution in [0.15, 0.2) is 36.4 Å². The number of rotatable bonds is 6. The fraction of sp³-hybridized carbons (Fsp3) is 0.278. The minimum absolute atomic E-state index is 0.0168. The standard InChI is InChI=1S/C18H18ClF3N2O2/c1-11-9-15(16(26-2)10-13(11)19)23-8-7-17(25)24-14-6-4-3-5-12(14)18(20,21)22/h3-6,9-10,23H,7-8H2,1-2H3,(H,24,25). The molecule has 2 aromatic rings. The number of carbonyl (C=O) groups excluding carboxylic acids is 1. The summed E-state index contributed by atoms with van der Waals surface area (Å²) in [6.07, 6.45) is -4.55. The molecule has 0 aliphatic rings. The highest BCUT2D eigenvalue weighted by Crippen LogP contribution is 2.34. The molecule has 0 atom stereocenters. The van der Waals surface area contributed by atoms with Crippen LogP contribution in [0, 0.1) is 6.92 Å². The Balaban J connectivity index is 1.98. The van der Waals surface area contributed by atoms with Gasteiger partial charge in [0.15, 0.2) is 0 Å². The molecular weight excluding hydrogens is 369 g/mol. The Morgan fingerprint density at radius 2 is 1.88 bits per heavy atom. The third-order valence-electron chi connectivity index (χ3n) is 3.65. The normalized spacial score (nSPS) is 11.2. The first-order chi connectivity index (χ1) is 12.2. The predicted octanol–water partition coefficient (Wildman–Crippen LogP) is 5.12. The molecule has 26 heavy (non-hydrogen) atoms. The van der Waals surface area contributed by atoms with E-state index in [1.54, 1.807) is 12.1 Å². The van der Waals surface area contributed by atoms with Gasteiger partial charge in [-0.1, -0.05) is 23.7 Å². The average molecular weight is 387 g/mol. The van der Waals surface area contributed by atoms with Gasteiger partial charge in [0, 0.05) is 24.1 Å². The molecule has 2 rings (SSSR count). The van der Waals surface area contributed by atoms with Gasteiger partial charge in [0.25, 0.3) is 0 Å². The van der Waals surface area contributed by atoms with E-state index in [0.717, 1.165) is 11.6 Å². The number of ether oxygens (including phenoxy) is 1. The summed E-state index contributed by atoms with van der Waals surface area (Å²) in [5.41, 5.74) is 0.345. The maximum atomic E-state index is 12.9. The molecule has 4 nitrogen and oxygen atoms in total. The highest BCUT2D eigenvalue weighted by Gasteiger charge is 2.33. The van der Waals surface area contributed by atoms with Gasteiger partial charge in [-0.3, -0.25) is 4.79 Å². The van der Waals surface area contributed by atoms with E-state index in [1.165, 1.54) is 25.3 Å². The molecule has 0 aliphatic carbocycles. The lowest BCUT2D eigenvalue weighted by Crippen LogP contribution is -2.19. The first-order valence-corrected chi connectivity index (χ1v) is 8.14. The quantitative estimate of drug-likeness (QED) is 0.724. The molecule has 2 aromatic carbocycles. The fourth-order valence-corrected chi connectivity index (χ4v) is 2.49. The summed E-state index contributed by atoms with van der Waals surface area (Å²) in [5, 5.41) is 5.88. The van der Waals surface area contributed by atoms with Crippen LogP contribution in [0.25, 0.3) is 0 Å². The molecule has 0 bridgehead atoms. The number of anilines is 2. The molecule has 0 saturated heterocycles. The van der Waals surface area contributed by atoms with Gasteiger partial charge < -0.3 is 15.4 Å². The van der Waals surface area contributed by atoms with Crippen LogP contribution in [0.5, 0.6) is 5.75 Å². The molecule has 0 spiro atoms. The second-order valence-corrected chi connectivity index (χ2v) is 5.98. The smallest absolute Gasteiger partial charge is 0.418 e. The molecule has 140 valence electrons. The molecule has 0 radical (unpaired) electrons. The third-order valence-corrected chi connectivity index (χ3v) is 4.06. The zero-order valence-corrected chi connectivity index (χ0v) is 15.0. The molecule has 0 saturated carbocycles. The van der Waals surface area contributed by atoms with E-state index in [0.29, 0.717) is 16.5 Å². The number of aryl methyl sites for hydroxylation is 1. The van der Waals surface area contributed by atoms with Crippen molar-refractivity contribution in [1.82, 2.24) is 0 Å². The maximum absolute atomic E-state index is 12.9. The van der Waals surface area contributed by atoms with E-state index in [9.17, 15) is 18.0 Å². The van der Waals surface area contributed by atoms with E-state index in [2.05, 4.69) is 10.6 Å². The zero-order valence-electron chi connectivity index (χ0n) is 14.2. The van der Waals surface area contributed by atoms with Crippen molar-refractivity contribution < 1.29 is 22.7 Å². The first-order valence-electron chi connectivity index (χ1n) is 7.76. The minimum Gasteiger partial charge on any atom is -0.495 e. The van der Waals surface area contributed by atoms with Crippen molar-refractivity contribution in [1.29, 1.82) is 0 Å². The Labute approximate surface area is 154 Å². The number of amides is 1. The number of para-hydroxylation sites is 1. The number of nitrogens with one attached hydrogen (secondary N) is 2. The van der Waals surface area contributed by atoms with E-state index in [-0.39, 0.29) is 18.7 Å². The van der Waals surface area contributed by atoms with Gasteiger partial charge in [-0.05, 0) is 30.7 Å². The molecule has 0 unspecified atom stereocenters. The van der Waals surface area contributed by atoms with Crippen LogP contribution >= 0.6 is 11.6 Å². The van der Waals surface area contributed by atoms with Crippen molar-refractivity contribution in [2.24, 2.45) is 0 Å². The zero-order chi connectivity index (χ0) is 19.3. The summed E-state index contributed by atoms with van der Waals surface area (Å²) in [6.45, 7) is 2.05. The lowest BCUT2D eigenvalue weighted by atomic mass is 10.1. The second kappa shape index (κ2) is 8.31. The van der Waals surface area contributed by atoms with Crippen LogP contribution < -0.4 is 15.4 Å². The molecule has 0 aliphatic heterocycles. The van der Waals surface area contributed by atoms with Crippen LogP contribution in [0.3, 0.4) is 0 Å². The molecule has 0 aromatic heterocycles. The number of benzene rings is 2. The number of halogens is 4. The monoisotopic (exact) mass is 386 g/mol. The van der Waals surface area contributed by atoms with Crippen LogP contribution in [0.4, 0.5) is 24.5 Å². The Kier molecular flexibility index (Phi) is 6.37. The van der Waals surface area contributed by atoms with E-state index >= 15 is 0 Å². The Bertz CT molecular complexity index is 794. The van der Waals surface area contributed by atoms with Crippen LogP contribution in [-0.4, -0.2) is 19.6 Å². The van der Waals surface area contributed by atoms with Crippen molar-refractivity contribution >= 4 is 28.9 Å². The Morgan fingerprint density at radius 3 is 2.54 bits per heavy atom. The number of methoxy groups -OCH3 is 1. The lowest BCUT2D eigenvalue weighted by Gasteiger charge is -2.15. The summed E-state index contributed by atoms with van der Waals surface area (Å²) in [7, 11) is 1.49. The highest BCUT2D eigenvalue weighted by atomic mass is 35.5. The summed E-state index contributed by atoms with van der Waals surface area (Å²) < 4.78 is 44.0. The van der Waals surface area contributed by atoms with Crippen molar-refractivity contribution in [2.45, 2.75) is 19.5 Å². The summed E-state index contributed by atoms with van der Waals surface area (Å²) >= 11 is 6.03. The first kappa shape index (κ1) is 19.9. The number of carbonyl (C=O) groups is 1. The minimum atomic E-state index is -4.53. The van der Waals surface area contributed by atoms with Crippen LogP contribution in [0.1, 0.15) is 17.5 Å². The Morgan fingerprint density at radius 1 is 1.19 bits per heavy atom. The summed E-state index contributed by atoms with van der Waals surface area (Å²) in [6, 6.07) is 8.28. The number of alkyl halides is 3. The van der Waals surface area contributed by atoms with Crippen molar-refractivity contribution in [3.63, 3.8) is 0 Å².